The molecule has 2 aliphatic rings. The monoisotopic (exact) mass is 401 g/mol. The number of nitrogens with one attached hydrogen (secondary N) is 1. The Morgan fingerprint density at radius 3 is 1.93 bits per heavy atom. The van der Waals surface area contributed by atoms with Gasteiger partial charge in [0.2, 0.25) is 8.32 Å². The van der Waals surface area contributed by atoms with Crippen molar-refractivity contribution in [3.8, 4) is 0 Å². The Kier molecular flexibility index (Phi) is 6.93. The van der Waals surface area contributed by atoms with Gasteiger partial charge in [-0.3, -0.25) is 0 Å². The summed E-state index contributed by atoms with van der Waals surface area (Å²) < 4.78 is 25.7. The maximum absolute atomic E-state index is 7.14. The maximum atomic E-state index is 7.14. The number of hydrogen-bond donors (Lipinski definition) is 1. The van der Waals surface area contributed by atoms with E-state index in [4.69, 9.17) is 18.6 Å². The molecule has 27 heavy (non-hydrogen) atoms. The molecule has 0 bridgehead atoms. The van der Waals surface area contributed by atoms with Crippen molar-refractivity contribution < 1.29 is 18.6 Å². The zero-order valence-corrected chi connectivity index (χ0v) is 20.4. The maximum Gasteiger partial charge on any atom is 0.201 e. The molecule has 2 fully saturated rings. The Labute approximate surface area is 168 Å². The van der Waals surface area contributed by atoms with E-state index in [9.17, 15) is 0 Å². The lowest BCUT2D eigenvalue weighted by Gasteiger charge is -2.45. The van der Waals surface area contributed by atoms with E-state index in [0.29, 0.717) is 16.6 Å². The number of hydrogen-bond acceptors (Lipinski definition) is 5. The highest BCUT2D eigenvalue weighted by Crippen LogP contribution is 2.47. The molecule has 0 spiro atoms. The van der Waals surface area contributed by atoms with Crippen LogP contribution in [0.3, 0.4) is 0 Å². The highest BCUT2D eigenvalue weighted by molar-refractivity contribution is 6.77. The molecule has 0 aromatic carbocycles. The zero-order valence-electron chi connectivity index (χ0n) is 19.4. The summed E-state index contributed by atoms with van der Waals surface area (Å²) in [5, 5.41) is 3.58. The van der Waals surface area contributed by atoms with Crippen LogP contribution in [0.4, 0.5) is 0 Å². The van der Waals surface area contributed by atoms with Crippen molar-refractivity contribution in [3.63, 3.8) is 0 Å². The molecule has 2 aliphatic heterocycles. The molecule has 4 atom stereocenters. The summed E-state index contributed by atoms with van der Waals surface area (Å²) in [6.07, 6.45) is -0.700. The van der Waals surface area contributed by atoms with E-state index >= 15 is 0 Å². The van der Waals surface area contributed by atoms with Gasteiger partial charge in [0.1, 0.15) is 18.3 Å². The molecule has 2 heterocycles. The molecule has 6 heteroatoms. The fourth-order valence-corrected chi connectivity index (χ4v) is 10.5. The largest absolute Gasteiger partial charge is 0.408 e. The van der Waals surface area contributed by atoms with Gasteiger partial charge in [-0.25, -0.2) is 0 Å². The van der Waals surface area contributed by atoms with Gasteiger partial charge >= 0.3 is 0 Å². The zero-order chi connectivity index (χ0) is 20.8. The van der Waals surface area contributed by atoms with Crippen molar-refractivity contribution in [1.29, 1.82) is 0 Å². The Morgan fingerprint density at radius 1 is 0.963 bits per heavy atom. The lowest BCUT2D eigenvalue weighted by Crippen LogP contribution is -2.56. The van der Waals surface area contributed by atoms with Crippen molar-refractivity contribution in [1.82, 2.24) is 5.32 Å². The summed E-state index contributed by atoms with van der Waals surface area (Å²) in [5.41, 5.74) is 1.57. The highest BCUT2D eigenvalue weighted by atomic mass is 28.4. The average Bonchev–Trinajstić information content (AvgIpc) is 2.92. The minimum Gasteiger partial charge on any atom is -0.408 e. The predicted octanol–water partition coefficient (Wildman–Crippen LogP) is 4.81. The Morgan fingerprint density at radius 2 is 1.48 bits per heavy atom. The molecule has 2 rings (SSSR count). The fraction of sp³-hybridized carbons (Fsp3) is 1.00. The highest BCUT2D eigenvalue weighted by Gasteiger charge is 2.58. The Bertz CT molecular complexity index is 479. The minimum absolute atomic E-state index is 0.0231. The third kappa shape index (κ3) is 4.96. The number of fused-ring (bicyclic) bond motifs is 1. The van der Waals surface area contributed by atoms with Gasteiger partial charge in [-0.15, -0.1) is 0 Å². The van der Waals surface area contributed by atoms with Crippen LogP contribution in [0.25, 0.3) is 0 Å². The molecule has 2 saturated heterocycles. The summed E-state index contributed by atoms with van der Waals surface area (Å²) in [6.45, 7) is 25.0. The van der Waals surface area contributed by atoms with Gasteiger partial charge in [-0.1, -0.05) is 41.5 Å². The molecule has 160 valence electrons. The second-order valence-electron chi connectivity index (χ2n) is 10.7. The van der Waals surface area contributed by atoms with Crippen LogP contribution in [0, 0.1) is 0 Å². The van der Waals surface area contributed by atoms with Crippen LogP contribution in [0.15, 0.2) is 0 Å². The van der Waals surface area contributed by atoms with E-state index in [0.717, 1.165) is 6.54 Å². The van der Waals surface area contributed by atoms with Gasteiger partial charge in [0.25, 0.3) is 0 Å². The summed E-state index contributed by atoms with van der Waals surface area (Å²) in [6, 6.07) is 0. The smallest absolute Gasteiger partial charge is 0.201 e. The predicted molar refractivity (Wildman–Crippen MR) is 112 cm³/mol. The van der Waals surface area contributed by atoms with Crippen LogP contribution in [0.2, 0.25) is 16.6 Å². The van der Waals surface area contributed by atoms with Gasteiger partial charge in [0.15, 0.2) is 12.1 Å². The number of rotatable bonds is 7. The lowest BCUT2D eigenvalue weighted by atomic mass is 10.1. The van der Waals surface area contributed by atoms with Crippen molar-refractivity contribution in [2.45, 2.75) is 129 Å². The van der Waals surface area contributed by atoms with Gasteiger partial charge in [0, 0.05) is 12.1 Å². The molecule has 0 amide bonds. The third-order valence-electron chi connectivity index (χ3n) is 5.97. The van der Waals surface area contributed by atoms with E-state index in [2.05, 4.69) is 67.6 Å². The van der Waals surface area contributed by atoms with Crippen molar-refractivity contribution in [2.75, 3.05) is 6.54 Å². The molecular weight excluding hydrogens is 358 g/mol. The topological polar surface area (TPSA) is 49.0 Å². The van der Waals surface area contributed by atoms with Crippen LogP contribution in [0.5, 0.6) is 0 Å². The van der Waals surface area contributed by atoms with Crippen LogP contribution < -0.4 is 5.32 Å². The van der Waals surface area contributed by atoms with E-state index in [1.54, 1.807) is 0 Å². The first-order valence-electron chi connectivity index (χ1n) is 10.6. The molecule has 0 aliphatic carbocycles. The normalized spacial score (nSPS) is 31.3. The second kappa shape index (κ2) is 8.03. The Hall–Kier alpha value is 0.0169. The first-order chi connectivity index (χ1) is 12.2. The number of ether oxygens (including phenoxy) is 3. The van der Waals surface area contributed by atoms with E-state index in [-0.39, 0.29) is 30.1 Å². The van der Waals surface area contributed by atoms with E-state index in [1.165, 1.54) is 0 Å². The summed E-state index contributed by atoms with van der Waals surface area (Å²) >= 11 is 0. The second-order valence-corrected chi connectivity index (χ2v) is 16.1. The molecule has 0 saturated carbocycles. The van der Waals surface area contributed by atoms with Gasteiger partial charge in [-0.2, -0.15) is 0 Å². The van der Waals surface area contributed by atoms with Crippen LogP contribution in [-0.4, -0.2) is 50.8 Å². The van der Waals surface area contributed by atoms with Crippen LogP contribution >= 0.6 is 0 Å². The first-order valence-corrected chi connectivity index (χ1v) is 12.8. The Balaban J connectivity index is 2.30. The average molecular weight is 402 g/mol. The lowest BCUT2D eigenvalue weighted by molar-refractivity contribution is -0.213. The third-order valence-corrected chi connectivity index (χ3v) is 12.1. The van der Waals surface area contributed by atoms with Crippen LogP contribution in [0.1, 0.15) is 76.2 Å². The molecular formula is C21H43NO4Si. The van der Waals surface area contributed by atoms with Gasteiger partial charge in [0.05, 0.1) is 0 Å². The van der Waals surface area contributed by atoms with Crippen molar-refractivity contribution in [2.24, 2.45) is 0 Å². The molecule has 5 nitrogen and oxygen atoms in total. The van der Waals surface area contributed by atoms with Crippen molar-refractivity contribution in [3.05, 3.63) is 0 Å². The molecule has 0 unspecified atom stereocenters. The summed E-state index contributed by atoms with van der Waals surface area (Å²) in [4.78, 5) is 0. The first kappa shape index (κ1) is 23.3. The fourth-order valence-electron chi connectivity index (χ4n) is 4.90. The minimum atomic E-state index is -2.06. The summed E-state index contributed by atoms with van der Waals surface area (Å²) in [5.74, 6) is -0.628. The van der Waals surface area contributed by atoms with Gasteiger partial charge in [-0.05, 0) is 51.2 Å². The van der Waals surface area contributed by atoms with E-state index in [1.807, 2.05) is 13.8 Å². The van der Waals surface area contributed by atoms with E-state index < -0.39 is 14.1 Å². The standard InChI is InChI=1S/C21H43NO4Si/c1-13(2)27(14(3)4,15(5)6)26-17-16(12-22-20(7,8)9)23-19-18(17)24-21(10,11)25-19/h13-19,22H,12H2,1-11H3/t16-,17+,18-,19-/m1/s1. The molecule has 0 aromatic heterocycles. The van der Waals surface area contributed by atoms with Crippen LogP contribution in [-0.2, 0) is 18.6 Å². The van der Waals surface area contributed by atoms with Gasteiger partial charge < -0.3 is 24.0 Å². The molecule has 1 N–H and O–H groups in total. The SMILES string of the molecule is CC(C)[Si](O[C@@H]1[C@H]2OC(C)(C)O[C@H]2O[C@@H]1CNC(C)(C)C)(C(C)C)C(C)C. The molecule has 0 aromatic rings. The van der Waals surface area contributed by atoms with Crippen molar-refractivity contribution >= 4 is 8.32 Å². The summed E-state index contributed by atoms with van der Waals surface area (Å²) in [7, 11) is -2.06. The quantitative estimate of drug-likeness (QED) is 0.620. The molecule has 0 radical (unpaired) electrons.